The van der Waals surface area contributed by atoms with E-state index < -0.39 is 10.0 Å². The summed E-state index contributed by atoms with van der Waals surface area (Å²) < 4.78 is 27.6. The van der Waals surface area contributed by atoms with Crippen molar-refractivity contribution in [1.29, 1.82) is 0 Å². The van der Waals surface area contributed by atoms with E-state index in [1.165, 1.54) is 0 Å². The lowest BCUT2D eigenvalue weighted by Gasteiger charge is -2.30. The molecule has 0 unspecified atom stereocenters. The second kappa shape index (κ2) is 4.51. The fraction of sp³-hybridized carbons (Fsp3) is 0.500. The summed E-state index contributed by atoms with van der Waals surface area (Å²) in [6.07, 6.45) is 1.76. The highest BCUT2D eigenvalue weighted by Crippen LogP contribution is 2.36. The van der Waals surface area contributed by atoms with Crippen LogP contribution in [-0.4, -0.2) is 24.8 Å². The first kappa shape index (κ1) is 13.8. The highest BCUT2D eigenvalue weighted by molar-refractivity contribution is 9.10. The molecule has 1 saturated heterocycles. The van der Waals surface area contributed by atoms with Crippen molar-refractivity contribution in [3.8, 4) is 0 Å². The molecule has 1 aliphatic heterocycles. The van der Waals surface area contributed by atoms with Gasteiger partial charge in [-0.25, -0.2) is 8.42 Å². The van der Waals surface area contributed by atoms with Gasteiger partial charge in [-0.15, -0.1) is 0 Å². The van der Waals surface area contributed by atoms with Crippen LogP contribution in [0.2, 0.25) is 0 Å². The number of anilines is 1. The van der Waals surface area contributed by atoms with Crippen LogP contribution in [0.15, 0.2) is 27.6 Å². The van der Waals surface area contributed by atoms with Crippen LogP contribution in [0, 0.1) is 0 Å². The third-order valence-electron chi connectivity index (χ3n) is 3.37. The maximum atomic E-state index is 12.6. The Morgan fingerprint density at radius 3 is 2.61 bits per heavy atom. The molecule has 18 heavy (non-hydrogen) atoms. The number of halogens is 1. The molecule has 0 bridgehead atoms. The van der Waals surface area contributed by atoms with E-state index in [0.717, 1.165) is 12.8 Å². The number of sulfonamides is 1. The molecule has 1 aliphatic rings. The van der Waals surface area contributed by atoms with Crippen LogP contribution in [0.5, 0.6) is 0 Å². The average Bonchev–Trinajstić information content (AvgIpc) is 2.62. The molecule has 2 N–H and O–H groups in total. The van der Waals surface area contributed by atoms with Crippen LogP contribution in [0.3, 0.4) is 0 Å². The van der Waals surface area contributed by atoms with E-state index in [0.29, 0.717) is 16.7 Å². The number of nitrogens with two attached hydrogens (primary N) is 1. The number of hydrogen-bond donors (Lipinski definition) is 1. The van der Waals surface area contributed by atoms with Crippen molar-refractivity contribution < 1.29 is 8.42 Å². The lowest BCUT2D eigenvalue weighted by molar-refractivity contribution is 0.292. The Hall–Kier alpha value is -0.590. The fourth-order valence-corrected chi connectivity index (χ4v) is 4.88. The van der Waals surface area contributed by atoms with Crippen LogP contribution in [-0.2, 0) is 10.0 Å². The molecular weight excluding hydrogens is 316 g/mol. The van der Waals surface area contributed by atoms with Gasteiger partial charge in [0.2, 0.25) is 10.0 Å². The molecule has 1 fully saturated rings. The summed E-state index contributed by atoms with van der Waals surface area (Å²) >= 11 is 3.29. The molecule has 4 nitrogen and oxygen atoms in total. The smallest absolute Gasteiger partial charge is 0.245 e. The molecule has 0 spiro atoms. The Kier molecular flexibility index (Phi) is 3.46. The summed E-state index contributed by atoms with van der Waals surface area (Å²) in [6, 6.07) is 4.92. The third kappa shape index (κ3) is 2.29. The first-order valence-electron chi connectivity index (χ1n) is 5.83. The molecule has 0 atom stereocenters. The molecule has 100 valence electrons. The van der Waals surface area contributed by atoms with Crippen molar-refractivity contribution in [2.45, 2.75) is 37.1 Å². The summed E-state index contributed by atoms with van der Waals surface area (Å²) in [5, 5.41) is 0. The van der Waals surface area contributed by atoms with E-state index in [9.17, 15) is 8.42 Å². The minimum absolute atomic E-state index is 0.187. The van der Waals surface area contributed by atoms with Crippen molar-refractivity contribution in [1.82, 2.24) is 4.31 Å². The molecule has 0 aromatic heterocycles. The Bertz CT molecular complexity index is 569. The van der Waals surface area contributed by atoms with Crippen LogP contribution < -0.4 is 5.73 Å². The number of nitrogens with zero attached hydrogens (tertiary/aromatic N) is 1. The monoisotopic (exact) mass is 332 g/mol. The fourth-order valence-electron chi connectivity index (χ4n) is 2.38. The number of hydrogen-bond acceptors (Lipinski definition) is 3. The van der Waals surface area contributed by atoms with Crippen LogP contribution in [0.1, 0.15) is 26.7 Å². The van der Waals surface area contributed by atoms with E-state index in [4.69, 9.17) is 5.73 Å². The van der Waals surface area contributed by atoms with Gasteiger partial charge in [0.15, 0.2) is 0 Å². The maximum absolute atomic E-state index is 12.6. The predicted molar refractivity (Wildman–Crippen MR) is 75.8 cm³/mol. The van der Waals surface area contributed by atoms with E-state index in [-0.39, 0.29) is 10.4 Å². The second-order valence-electron chi connectivity index (χ2n) is 5.18. The van der Waals surface area contributed by atoms with E-state index in [1.807, 2.05) is 13.8 Å². The van der Waals surface area contributed by atoms with Crippen molar-refractivity contribution >= 4 is 31.6 Å². The first-order valence-corrected chi connectivity index (χ1v) is 8.06. The summed E-state index contributed by atoms with van der Waals surface area (Å²) in [5.41, 5.74) is 5.76. The van der Waals surface area contributed by atoms with E-state index >= 15 is 0 Å². The predicted octanol–water partition coefficient (Wildman–Crippen LogP) is 2.59. The molecule has 6 heteroatoms. The van der Waals surface area contributed by atoms with Crippen molar-refractivity contribution in [3.05, 3.63) is 22.7 Å². The zero-order valence-corrected chi connectivity index (χ0v) is 12.9. The van der Waals surface area contributed by atoms with Gasteiger partial charge >= 0.3 is 0 Å². The topological polar surface area (TPSA) is 63.4 Å². The standard InChI is InChI=1S/C12H17BrN2O2S/c1-12(2)6-3-7-15(12)18(16,17)11-8-9(13)4-5-10(11)14/h4-5,8H,3,6-7,14H2,1-2H3. The second-order valence-corrected chi connectivity index (χ2v) is 7.92. The average molecular weight is 333 g/mol. The zero-order chi connectivity index (χ0) is 13.6. The first-order chi connectivity index (χ1) is 8.25. The Balaban J connectivity index is 2.52. The normalized spacial score (nSPS) is 20.2. The molecule has 2 rings (SSSR count). The summed E-state index contributed by atoms with van der Waals surface area (Å²) in [6.45, 7) is 4.46. The van der Waals surface area contributed by atoms with E-state index in [2.05, 4.69) is 15.9 Å². The summed E-state index contributed by atoms with van der Waals surface area (Å²) in [7, 11) is -3.52. The highest BCUT2D eigenvalue weighted by atomic mass is 79.9. The van der Waals surface area contributed by atoms with Gasteiger partial charge in [-0.05, 0) is 44.9 Å². The highest BCUT2D eigenvalue weighted by Gasteiger charge is 2.41. The number of nitrogen functional groups attached to an aromatic ring is 1. The van der Waals surface area contributed by atoms with Crippen molar-refractivity contribution in [2.75, 3.05) is 12.3 Å². The van der Waals surface area contributed by atoms with Gasteiger partial charge in [-0.3, -0.25) is 0 Å². The number of rotatable bonds is 2. The zero-order valence-electron chi connectivity index (χ0n) is 10.5. The van der Waals surface area contributed by atoms with Gasteiger partial charge in [-0.1, -0.05) is 15.9 Å². The molecule has 1 aromatic rings. The molecule has 0 saturated carbocycles. The van der Waals surface area contributed by atoms with Crippen LogP contribution >= 0.6 is 15.9 Å². The SMILES string of the molecule is CC1(C)CCCN1S(=O)(=O)c1cc(Br)ccc1N. The van der Waals surface area contributed by atoms with Gasteiger partial charge in [0.25, 0.3) is 0 Å². The molecule has 0 radical (unpaired) electrons. The summed E-state index contributed by atoms with van der Waals surface area (Å²) in [5.74, 6) is 0. The van der Waals surface area contributed by atoms with Crippen molar-refractivity contribution in [3.63, 3.8) is 0 Å². The molecule has 1 aromatic carbocycles. The van der Waals surface area contributed by atoms with Crippen LogP contribution in [0.4, 0.5) is 5.69 Å². The molecule has 0 aliphatic carbocycles. The molecule has 0 amide bonds. The lowest BCUT2D eigenvalue weighted by Crippen LogP contribution is -2.42. The van der Waals surface area contributed by atoms with Gasteiger partial charge in [-0.2, -0.15) is 4.31 Å². The van der Waals surface area contributed by atoms with Gasteiger partial charge < -0.3 is 5.73 Å². The lowest BCUT2D eigenvalue weighted by atomic mass is 10.0. The van der Waals surface area contributed by atoms with Crippen molar-refractivity contribution in [2.24, 2.45) is 0 Å². The largest absolute Gasteiger partial charge is 0.398 e. The number of benzene rings is 1. The molecular formula is C12H17BrN2O2S. The minimum atomic E-state index is -3.52. The third-order valence-corrected chi connectivity index (χ3v) is 6.03. The summed E-state index contributed by atoms with van der Waals surface area (Å²) in [4.78, 5) is 0.187. The van der Waals surface area contributed by atoms with Gasteiger partial charge in [0.1, 0.15) is 4.90 Å². The minimum Gasteiger partial charge on any atom is -0.398 e. The van der Waals surface area contributed by atoms with E-state index in [1.54, 1.807) is 22.5 Å². The quantitative estimate of drug-likeness (QED) is 0.846. The maximum Gasteiger partial charge on any atom is 0.245 e. The van der Waals surface area contributed by atoms with Gasteiger partial charge in [0, 0.05) is 16.6 Å². The Morgan fingerprint density at radius 2 is 2.06 bits per heavy atom. The van der Waals surface area contributed by atoms with Crippen LogP contribution in [0.25, 0.3) is 0 Å². The van der Waals surface area contributed by atoms with Gasteiger partial charge in [0.05, 0.1) is 5.69 Å². The Labute approximate surface area is 116 Å². The Morgan fingerprint density at radius 1 is 1.39 bits per heavy atom. The molecule has 1 heterocycles.